The molecule has 1 saturated carbocycles. The zero-order chi connectivity index (χ0) is 11.6. The number of hydrogen-bond acceptors (Lipinski definition) is 3. The molecule has 0 bridgehead atoms. The number of nitriles is 1. The van der Waals surface area contributed by atoms with Gasteiger partial charge in [0.05, 0.1) is 6.07 Å². The Balaban J connectivity index is 1.94. The minimum atomic E-state index is -0.216. The van der Waals surface area contributed by atoms with E-state index in [1.165, 1.54) is 19.3 Å². The van der Waals surface area contributed by atoms with E-state index in [1.54, 1.807) is 0 Å². The van der Waals surface area contributed by atoms with Gasteiger partial charge in [0.25, 0.3) is 0 Å². The molecule has 90 valence electrons. The largest absolute Gasteiger partial charge is 0.304 e. The molecule has 0 aromatic heterocycles. The third-order valence-corrected chi connectivity index (χ3v) is 4.35. The van der Waals surface area contributed by atoms with Crippen LogP contribution >= 0.6 is 0 Å². The second-order valence-electron chi connectivity index (χ2n) is 5.68. The van der Waals surface area contributed by atoms with E-state index >= 15 is 0 Å². The maximum atomic E-state index is 9.47. The molecular formula is C13H23N3. The van der Waals surface area contributed by atoms with Crippen molar-refractivity contribution in [3.8, 4) is 6.07 Å². The lowest BCUT2D eigenvalue weighted by atomic mass is 9.76. The molecule has 1 aliphatic carbocycles. The molecule has 0 radical (unpaired) electrons. The summed E-state index contributed by atoms with van der Waals surface area (Å²) in [6, 6.07) is 2.57. The van der Waals surface area contributed by atoms with Gasteiger partial charge in [0, 0.05) is 26.2 Å². The zero-order valence-corrected chi connectivity index (χ0v) is 10.6. The smallest absolute Gasteiger partial charge is 0.106 e. The van der Waals surface area contributed by atoms with Gasteiger partial charge in [-0.3, -0.25) is 4.90 Å². The van der Waals surface area contributed by atoms with Gasteiger partial charge >= 0.3 is 0 Å². The molecule has 2 fully saturated rings. The first-order valence-electron chi connectivity index (χ1n) is 6.49. The Bertz CT molecular complexity index is 271. The first kappa shape index (κ1) is 11.9. The summed E-state index contributed by atoms with van der Waals surface area (Å²) in [5.74, 6) is 0.810. The van der Waals surface area contributed by atoms with Crippen LogP contribution in [0.1, 0.15) is 32.6 Å². The summed E-state index contributed by atoms with van der Waals surface area (Å²) < 4.78 is 0. The van der Waals surface area contributed by atoms with Gasteiger partial charge in [-0.25, -0.2) is 0 Å². The van der Waals surface area contributed by atoms with Crippen LogP contribution in [0.25, 0.3) is 0 Å². The quantitative estimate of drug-likeness (QED) is 0.727. The fourth-order valence-electron chi connectivity index (χ4n) is 2.80. The predicted molar refractivity (Wildman–Crippen MR) is 65.0 cm³/mol. The van der Waals surface area contributed by atoms with Crippen molar-refractivity contribution in [1.29, 1.82) is 5.26 Å². The van der Waals surface area contributed by atoms with Gasteiger partial charge in [0.1, 0.15) is 5.54 Å². The average Bonchev–Trinajstić information content (AvgIpc) is 2.24. The number of nitrogens with zero attached hydrogens (tertiary/aromatic N) is 3. The molecule has 3 heteroatoms. The molecule has 1 atom stereocenters. The van der Waals surface area contributed by atoms with Crippen LogP contribution in [0.3, 0.4) is 0 Å². The SMILES string of the molecule is CN1CCN(C(C)(C#N)CC2CCC2)CC1. The van der Waals surface area contributed by atoms with Crippen LogP contribution in [0.15, 0.2) is 0 Å². The summed E-state index contributed by atoms with van der Waals surface area (Å²) in [5.41, 5.74) is -0.216. The lowest BCUT2D eigenvalue weighted by molar-refractivity contribution is 0.0581. The molecule has 2 aliphatic rings. The van der Waals surface area contributed by atoms with Crippen molar-refractivity contribution in [3.63, 3.8) is 0 Å². The average molecular weight is 221 g/mol. The number of piperazine rings is 1. The summed E-state index contributed by atoms with van der Waals surface area (Å²) in [5, 5.41) is 9.47. The van der Waals surface area contributed by atoms with Crippen LogP contribution in [0, 0.1) is 17.2 Å². The fourth-order valence-corrected chi connectivity index (χ4v) is 2.80. The van der Waals surface area contributed by atoms with Crippen LogP contribution in [-0.2, 0) is 0 Å². The van der Waals surface area contributed by atoms with E-state index in [4.69, 9.17) is 0 Å². The van der Waals surface area contributed by atoms with Crippen LogP contribution in [0.5, 0.6) is 0 Å². The van der Waals surface area contributed by atoms with E-state index in [-0.39, 0.29) is 5.54 Å². The number of hydrogen-bond donors (Lipinski definition) is 0. The maximum Gasteiger partial charge on any atom is 0.106 e. The van der Waals surface area contributed by atoms with Crippen molar-refractivity contribution >= 4 is 0 Å². The Labute approximate surface area is 99.0 Å². The number of rotatable bonds is 3. The first-order chi connectivity index (χ1) is 7.64. The predicted octanol–water partition coefficient (Wildman–Crippen LogP) is 1.71. The molecule has 0 amide bonds. The van der Waals surface area contributed by atoms with E-state index in [0.717, 1.165) is 38.5 Å². The molecular weight excluding hydrogens is 198 g/mol. The Kier molecular flexibility index (Phi) is 3.51. The van der Waals surface area contributed by atoms with Crippen molar-refractivity contribution in [2.45, 2.75) is 38.1 Å². The Hall–Kier alpha value is -0.590. The standard InChI is InChI=1S/C13H23N3/c1-13(11-14,10-12-4-3-5-12)16-8-6-15(2)7-9-16/h12H,3-10H2,1-2H3. The molecule has 0 spiro atoms. The Morgan fingerprint density at radius 2 is 1.88 bits per heavy atom. The van der Waals surface area contributed by atoms with E-state index in [2.05, 4.69) is 29.8 Å². The monoisotopic (exact) mass is 221 g/mol. The fraction of sp³-hybridized carbons (Fsp3) is 0.923. The van der Waals surface area contributed by atoms with Crippen molar-refractivity contribution in [3.05, 3.63) is 0 Å². The summed E-state index contributed by atoms with van der Waals surface area (Å²) in [4.78, 5) is 4.74. The molecule has 1 heterocycles. The highest BCUT2D eigenvalue weighted by atomic mass is 15.3. The molecule has 1 aliphatic heterocycles. The molecule has 16 heavy (non-hydrogen) atoms. The molecule has 0 N–H and O–H groups in total. The highest BCUT2D eigenvalue weighted by molar-refractivity contribution is 5.07. The van der Waals surface area contributed by atoms with Crippen LogP contribution in [0.4, 0.5) is 0 Å². The minimum Gasteiger partial charge on any atom is -0.304 e. The summed E-state index contributed by atoms with van der Waals surface area (Å²) in [6.07, 6.45) is 5.12. The molecule has 3 nitrogen and oxygen atoms in total. The molecule has 1 saturated heterocycles. The van der Waals surface area contributed by atoms with Crippen molar-refractivity contribution < 1.29 is 0 Å². The summed E-state index contributed by atoms with van der Waals surface area (Å²) in [7, 11) is 2.16. The third kappa shape index (κ3) is 2.39. The number of likely N-dealkylation sites (N-methyl/N-ethyl adjacent to an activating group) is 1. The summed E-state index contributed by atoms with van der Waals surface area (Å²) >= 11 is 0. The van der Waals surface area contributed by atoms with E-state index in [0.29, 0.717) is 0 Å². The van der Waals surface area contributed by atoms with Gasteiger partial charge in [-0.1, -0.05) is 19.3 Å². The zero-order valence-electron chi connectivity index (χ0n) is 10.6. The van der Waals surface area contributed by atoms with Gasteiger partial charge < -0.3 is 4.90 Å². The van der Waals surface area contributed by atoms with E-state index < -0.39 is 0 Å². The first-order valence-corrected chi connectivity index (χ1v) is 6.49. The Morgan fingerprint density at radius 1 is 1.25 bits per heavy atom. The van der Waals surface area contributed by atoms with Crippen LogP contribution in [-0.4, -0.2) is 48.6 Å². The second kappa shape index (κ2) is 4.73. The molecule has 2 rings (SSSR count). The molecule has 0 aromatic rings. The lowest BCUT2D eigenvalue weighted by Crippen LogP contribution is -2.55. The van der Waals surface area contributed by atoms with Gasteiger partial charge in [-0.2, -0.15) is 5.26 Å². The van der Waals surface area contributed by atoms with Crippen molar-refractivity contribution in [2.24, 2.45) is 5.92 Å². The molecule has 0 aromatic carbocycles. The summed E-state index contributed by atoms with van der Waals surface area (Å²) in [6.45, 7) is 6.43. The van der Waals surface area contributed by atoms with Gasteiger partial charge in [0.2, 0.25) is 0 Å². The van der Waals surface area contributed by atoms with Gasteiger partial charge in [0.15, 0.2) is 0 Å². The van der Waals surface area contributed by atoms with Crippen LogP contribution in [0.2, 0.25) is 0 Å². The normalized spacial score (nSPS) is 28.1. The third-order valence-electron chi connectivity index (χ3n) is 4.35. The topological polar surface area (TPSA) is 30.3 Å². The van der Waals surface area contributed by atoms with Gasteiger partial charge in [-0.15, -0.1) is 0 Å². The van der Waals surface area contributed by atoms with Crippen molar-refractivity contribution in [1.82, 2.24) is 9.80 Å². The highest BCUT2D eigenvalue weighted by Crippen LogP contribution is 2.36. The van der Waals surface area contributed by atoms with Crippen molar-refractivity contribution in [2.75, 3.05) is 33.2 Å². The van der Waals surface area contributed by atoms with E-state index in [1.807, 2.05) is 0 Å². The molecule has 1 unspecified atom stereocenters. The maximum absolute atomic E-state index is 9.47. The minimum absolute atomic E-state index is 0.216. The second-order valence-corrected chi connectivity index (χ2v) is 5.68. The van der Waals surface area contributed by atoms with Crippen LogP contribution < -0.4 is 0 Å². The van der Waals surface area contributed by atoms with E-state index in [9.17, 15) is 5.26 Å². The lowest BCUT2D eigenvalue weighted by Gasteiger charge is -2.44. The Morgan fingerprint density at radius 3 is 2.31 bits per heavy atom. The van der Waals surface area contributed by atoms with Gasteiger partial charge in [-0.05, 0) is 26.3 Å². The highest BCUT2D eigenvalue weighted by Gasteiger charge is 2.37.